The highest BCUT2D eigenvalue weighted by Gasteiger charge is 2.86. The molecule has 1 aromatic rings. The van der Waals surface area contributed by atoms with E-state index in [0.717, 1.165) is 30.5 Å². The summed E-state index contributed by atoms with van der Waals surface area (Å²) in [6, 6.07) is 3.84. The lowest BCUT2D eigenvalue weighted by molar-refractivity contribution is -0.382. The fraction of sp³-hybridized carbons (Fsp3) is 0.533. The van der Waals surface area contributed by atoms with Gasteiger partial charge in [0.05, 0.1) is 10.6 Å². The molecule has 0 fully saturated rings. The molecule has 0 N–H and O–H groups in total. The molecule has 0 saturated heterocycles. The number of Topliss-reactive ketones (excluding diaryl/α,β-unsaturated/α-hetero) is 1. The number of hydrogen-bond acceptors (Lipinski definition) is 6. The van der Waals surface area contributed by atoms with E-state index in [1.54, 1.807) is 0 Å². The highest BCUT2D eigenvalue weighted by molar-refractivity contribution is 8.32. The number of ketones is 1. The van der Waals surface area contributed by atoms with Gasteiger partial charge in [0.15, 0.2) is 15.6 Å². The number of halogens is 9. The van der Waals surface area contributed by atoms with Crippen LogP contribution in [-0.2, 0) is 23.6 Å². The molecule has 0 aliphatic carbocycles. The van der Waals surface area contributed by atoms with Gasteiger partial charge in [-0.1, -0.05) is 12.1 Å². The Balaban J connectivity index is 3.21. The number of benzene rings is 1. The molecular formula is C15H15F9O6S3. The van der Waals surface area contributed by atoms with Gasteiger partial charge in [-0.3, -0.25) is 4.79 Å². The molecule has 0 aliphatic rings. The van der Waals surface area contributed by atoms with Crippen molar-refractivity contribution in [2.24, 2.45) is 0 Å². The SMILES string of the molecule is CS(C)(CC(=O)c1ccc(S(C)(=O)=O)cc1)OS(=O)(=O)C(F)(F)C(F)(F)C(F)(F)C(F)(F)F. The molecule has 192 valence electrons. The lowest BCUT2D eigenvalue weighted by Gasteiger charge is -2.35. The first-order valence-corrected chi connectivity index (χ1v) is 13.8. The maximum absolute atomic E-state index is 13.8. The van der Waals surface area contributed by atoms with Crippen molar-refractivity contribution in [1.29, 1.82) is 0 Å². The second-order valence-corrected chi connectivity index (χ2v) is 14.1. The Kier molecular flexibility index (Phi) is 7.69. The highest BCUT2D eigenvalue weighted by Crippen LogP contribution is 2.57. The van der Waals surface area contributed by atoms with E-state index in [9.17, 15) is 61.1 Å². The van der Waals surface area contributed by atoms with Crippen LogP contribution in [0.1, 0.15) is 10.4 Å². The van der Waals surface area contributed by atoms with Crippen LogP contribution in [0.2, 0.25) is 0 Å². The van der Waals surface area contributed by atoms with E-state index in [1.165, 1.54) is 0 Å². The molecule has 0 saturated carbocycles. The van der Waals surface area contributed by atoms with Gasteiger partial charge in [0.1, 0.15) is 0 Å². The molecule has 33 heavy (non-hydrogen) atoms. The molecule has 0 bridgehead atoms. The zero-order valence-electron chi connectivity index (χ0n) is 16.6. The normalized spacial score (nSPS) is 15.4. The van der Waals surface area contributed by atoms with Crippen molar-refractivity contribution >= 4 is 36.0 Å². The number of alkyl halides is 9. The molecular weight excluding hydrogens is 543 g/mol. The summed E-state index contributed by atoms with van der Waals surface area (Å²) in [4.78, 5) is 12.0. The first-order valence-electron chi connectivity index (χ1n) is 8.00. The summed E-state index contributed by atoms with van der Waals surface area (Å²) in [7, 11) is -14.4. The van der Waals surface area contributed by atoms with Crippen molar-refractivity contribution in [1.82, 2.24) is 0 Å². The molecule has 18 heteroatoms. The molecule has 0 amide bonds. The summed E-state index contributed by atoms with van der Waals surface area (Å²) >= 11 is 0. The van der Waals surface area contributed by atoms with Crippen molar-refractivity contribution in [2.45, 2.75) is 28.2 Å². The molecule has 0 heterocycles. The molecule has 1 rings (SSSR count). The zero-order chi connectivity index (χ0) is 26.5. The Bertz CT molecular complexity index is 1110. The lowest BCUT2D eigenvalue weighted by Crippen LogP contribution is -2.63. The third kappa shape index (κ3) is 5.76. The minimum absolute atomic E-state index is 0.225. The fourth-order valence-corrected chi connectivity index (χ4v) is 6.46. The molecule has 0 aromatic heterocycles. The Morgan fingerprint density at radius 3 is 1.58 bits per heavy atom. The van der Waals surface area contributed by atoms with E-state index in [4.69, 9.17) is 0 Å². The van der Waals surface area contributed by atoms with E-state index in [2.05, 4.69) is 3.63 Å². The summed E-state index contributed by atoms with van der Waals surface area (Å²) in [5, 5.41) is -7.04. The van der Waals surface area contributed by atoms with Crippen LogP contribution < -0.4 is 0 Å². The quantitative estimate of drug-likeness (QED) is 0.336. The average molecular weight is 558 g/mol. The van der Waals surface area contributed by atoms with E-state index in [0.29, 0.717) is 12.5 Å². The van der Waals surface area contributed by atoms with Crippen LogP contribution in [0.4, 0.5) is 39.5 Å². The third-order valence-electron chi connectivity index (χ3n) is 3.79. The van der Waals surface area contributed by atoms with E-state index >= 15 is 0 Å². The smallest absolute Gasteiger partial charge is 0.293 e. The number of hydrogen-bond donors (Lipinski definition) is 0. The highest BCUT2D eigenvalue weighted by atomic mass is 32.3. The minimum Gasteiger partial charge on any atom is -0.293 e. The molecule has 6 nitrogen and oxygen atoms in total. The van der Waals surface area contributed by atoms with Crippen molar-refractivity contribution in [3.05, 3.63) is 29.8 Å². The fourth-order valence-electron chi connectivity index (χ4n) is 2.11. The van der Waals surface area contributed by atoms with Gasteiger partial charge >= 0.3 is 33.4 Å². The summed E-state index contributed by atoms with van der Waals surface area (Å²) in [6.45, 7) is 0. The van der Waals surface area contributed by atoms with Crippen molar-refractivity contribution < 1.29 is 64.8 Å². The first-order chi connectivity index (χ1) is 14.3. The Morgan fingerprint density at radius 2 is 1.21 bits per heavy atom. The molecule has 0 atom stereocenters. The van der Waals surface area contributed by atoms with Gasteiger partial charge in [-0.15, -0.1) is 10.3 Å². The van der Waals surface area contributed by atoms with Crippen LogP contribution in [0.5, 0.6) is 0 Å². The van der Waals surface area contributed by atoms with Gasteiger partial charge in [0.25, 0.3) is 0 Å². The van der Waals surface area contributed by atoms with Gasteiger partial charge in [-0.05, 0) is 24.6 Å². The van der Waals surface area contributed by atoms with E-state index in [-0.39, 0.29) is 10.5 Å². The van der Waals surface area contributed by atoms with Crippen molar-refractivity contribution in [3.63, 3.8) is 0 Å². The number of sulfone groups is 1. The second kappa shape index (κ2) is 8.60. The molecule has 0 unspecified atom stereocenters. The number of carbonyl (C=O) groups is 1. The Hall–Kier alpha value is -1.53. The van der Waals surface area contributed by atoms with Crippen molar-refractivity contribution in [3.8, 4) is 0 Å². The molecule has 0 spiro atoms. The maximum atomic E-state index is 13.8. The third-order valence-corrected chi connectivity index (χ3v) is 8.95. The van der Waals surface area contributed by atoms with Gasteiger partial charge in [-0.25, -0.2) is 12.0 Å². The first kappa shape index (κ1) is 29.5. The van der Waals surface area contributed by atoms with Crippen molar-refractivity contribution in [2.75, 3.05) is 24.5 Å². The standard InChI is InChI=1S/C15H15F9O6S3/c1-31(2,8-11(25)9-4-6-10(7-5-9)32(3,26)27)30-33(28,29)15(23,24)13(18,19)12(16,17)14(20,21)22/h4-7H,8H2,1-3H3. The van der Waals surface area contributed by atoms with Gasteiger partial charge in [0, 0.05) is 11.8 Å². The largest absolute Gasteiger partial charge is 0.460 e. The van der Waals surface area contributed by atoms with Crippen LogP contribution in [-0.4, -0.2) is 70.4 Å². The predicted molar refractivity (Wildman–Crippen MR) is 99.1 cm³/mol. The summed E-state index contributed by atoms with van der Waals surface area (Å²) in [6.07, 6.45) is -5.05. The summed E-state index contributed by atoms with van der Waals surface area (Å²) < 4.78 is 167. The Morgan fingerprint density at radius 1 is 0.788 bits per heavy atom. The van der Waals surface area contributed by atoms with E-state index in [1.807, 2.05) is 0 Å². The second-order valence-electron chi connectivity index (χ2n) is 6.99. The van der Waals surface area contributed by atoms with Crippen LogP contribution in [0.3, 0.4) is 0 Å². The zero-order valence-corrected chi connectivity index (χ0v) is 19.0. The van der Waals surface area contributed by atoms with Gasteiger partial charge in [0.2, 0.25) is 0 Å². The Labute approximate surface area is 183 Å². The summed E-state index contributed by atoms with van der Waals surface area (Å²) in [5.41, 5.74) is -0.287. The number of rotatable bonds is 9. The molecule has 0 aliphatic heterocycles. The van der Waals surface area contributed by atoms with Gasteiger partial charge < -0.3 is 0 Å². The van der Waals surface area contributed by atoms with Crippen LogP contribution in [0, 0.1) is 0 Å². The van der Waals surface area contributed by atoms with E-state index < -0.39 is 65.1 Å². The van der Waals surface area contributed by atoms with Crippen LogP contribution in [0.15, 0.2) is 29.2 Å². The summed E-state index contributed by atoms with van der Waals surface area (Å²) in [5.74, 6) is -17.0. The van der Waals surface area contributed by atoms with Crippen LogP contribution >= 0.6 is 10.3 Å². The van der Waals surface area contributed by atoms with Gasteiger partial charge in [-0.2, -0.15) is 47.9 Å². The number of carbonyl (C=O) groups excluding carboxylic acids is 1. The monoisotopic (exact) mass is 558 g/mol. The average Bonchev–Trinajstić information content (AvgIpc) is 2.58. The predicted octanol–water partition coefficient (Wildman–Crippen LogP) is 4.02. The maximum Gasteiger partial charge on any atom is 0.460 e. The van der Waals surface area contributed by atoms with Crippen LogP contribution in [0.25, 0.3) is 0 Å². The topological polar surface area (TPSA) is 94.6 Å². The molecule has 0 radical (unpaired) electrons. The minimum atomic E-state index is -7.46. The lowest BCUT2D eigenvalue weighted by atomic mass is 10.1. The molecule has 1 aromatic carbocycles.